The van der Waals surface area contributed by atoms with Gasteiger partial charge in [0.1, 0.15) is 5.75 Å². The van der Waals surface area contributed by atoms with Crippen LogP contribution in [0.1, 0.15) is 13.3 Å². The SMILES string of the molecule is CCOc1ccc(N2C[C@H](C(=O)Nc3cccnc3)CC2=O)cc1. The molecule has 0 unspecified atom stereocenters. The lowest BCUT2D eigenvalue weighted by atomic mass is 10.1. The van der Waals surface area contributed by atoms with Gasteiger partial charge >= 0.3 is 0 Å². The quantitative estimate of drug-likeness (QED) is 0.917. The molecule has 1 aromatic carbocycles. The maximum absolute atomic E-state index is 12.3. The molecule has 1 fully saturated rings. The van der Waals surface area contributed by atoms with E-state index < -0.39 is 0 Å². The lowest BCUT2D eigenvalue weighted by Crippen LogP contribution is -2.28. The summed E-state index contributed by atoms with van der Waals surface area (Å²) < 4.78 is 5.40. The van der Waals surface area contributed by atoms with E-state index in [1.807, 2.05) is 31.2 Å². The van der Waals surface area contributed by atoms with Crippen LogP contribution in [-0.2, 0) is 9.59 Å². The minimum absolute atomic E-state index is 0.0505. The van der Waals surface area contributed by atoms with Crippen LogP contribution in [0.2, 0.25) is 0 Å². The minimum atomic E-state index is -0.371. The van der Waals surface area contributed by atoms with Crippen molar-refractivity contribution >= 4 is 23.2 Å². The Kier molecular flexibility index (Phi) is 4.74. The van der Waals surface area contributed by atoms with Crippen LogP contribution >= 0.6 is 0 Å². The molecule has 3 rings (SSSR count). The molecule has 6 heteroatoms. The van der Waals surface area contributed by atoms with Gasteiger partial charge in [0.05, 0.1) is 24.4 Å². The molecule has 6 nitrogen and oxygen atoms in total. The topological polar surface area (TPSA) is 71.5 Å². The average Bonchev–Trinajstić information content (AvgIpc) is 2.99. The van der Waals surface area contributed by atoms with Gasteiger partial charge in [-0.05, 0) is 43.3 Å². The van der Waals surface area contributed by atoms with Crippen LogP contribution in [0.4, 0.5) is 11.4 Å². The first kappa shape index (κ1) is 16.0. The molecule has 124 valence electrons. The molecule has 1 aliphatic rings. The van der Waals surface area contributed by atoms with Crippen LogP contribution < -0.4 is 15.0 Å². The van der Waals surface area contributed by atoms with Gasteiger partial charge in [-0.1, -0.05) is 0 Å². The van der Waals surface area contributed by atoms with E-state index in [0.717, 1.165) is 11.4 Å². The maximum Gasteiger partial charge on any atom is 0.229 e. The van der Waals surface area contributed by atoms with Crippen molar-refractivity contribution in [2.45, 2.75) is 13.3 Å². The van der Waals surface area contributed by atoms with Crippen LogP contribution in [0.25, 0.3) is 0 Å². The number of ether oxygens (including phenoxy) is 1. The summed E-state index contributed by atoms with van der Waals surface area (Å²) in [4.78, 5) is 30.2. The second kappa shape index (κ2) is 7.12. The summed E-state index contributed by atoms with van der Waals surface area (Å²) in [5.41, 5.74) is 1.41. The standard InChI is InChI=1S/C18H19N3O3/c1-2-24-16-7-5-15(6-8-16)21-12-13(10-17(21)22)18(23)20-14-4-3-9-19-11-14/h3-9,11,13H,2,10,12H2,1H3,(H,20,23)/t13-/m1/s1. The smallest absolute Gasteiger partial charge is 0.229 e. The highest BCUT2D eigenvalue weighted by Crippen LogP contribution is 2.27. The Bertz CT molecular complexity index is 716. The molecule has 2 aromatic rings. The van der Waals surface area contributed by atoms with Crippen LogP contribution in [0.5, 0.6) is 5.75 Å². The largest absolute Gasteiger partial charge is 0.494 e. The number of carbonyl (C=O) groups excluding carboxylic acids is 2. The van der Waals surface area contributed by atoms with Gasteiger partial charge < -0.3 is 15.0 Å². The summed E-state index contributed by atoms with van der Waals surface area (Å²) in [5, 5.41) is 2.80. The van der Waals surface area contributed by atoms with E-state index in [-0.39, 0.29) is 24.2 Å². The Morgan fingerprint density at radius 1 is 1.33 bits per heavy atom. The predicted molar refractivity (Wildman–Crippen MR) is 90.9 cm³/mol. The van der Waals surface area contributed by atoms with Gasteiger partial charge in [0.25, 0.3) is 0 Å². The number of rotatable bonds is 5. The fraction of sp³-hybridized carbons (Fsp3) is 0.278. The Balaban J connectivity index is 1.65. The number of amides is 2. The molecular formula is C18H19N3O3. The van der Waals surface area contributed by atoms with Crippen LogP contribution in [0.15, 0.2) is 48.8 Å². The predicted octanol–water partition coefficient (Wildman–Crippen LogP) is 2.47. The highest BCUT2D eigenvalue weighted by molar-refractivity contribution is 6.03. The summed E-state index contributed by atoms with van der Waals surface area (Å²) in [6.07, 6.45) is 3.43. The summed E-state index contributed by atoms with van der Waals surface area (Å²) in [6.45, 7) is 2.89. The monoisotopic (exact) mass is 325 g/mol. The van der Waals surface area contributed by atoms with Crippen molar-refractivity contribution in [1.29, 1.82) is 0 Å². The molecule has 1 saturated heterocycles. The molecule has 1 aliphatic heterocycles. The third-order valence-electron chi connectivity index (χ3n) is 3.88. The van der Waals surface area contributed by atoms with Crippen molar-refractivity contribution in [3.05, 3.63) is 48.8 Å². The zero-order chi connectivity index (χ0) is 16.9. The molecule has 1 aromatic heterocycles. The number of hydrogen-bond donors (Lipinski definition) is 1. The number of nitrogens with zero attached hydrogens (tertiary/aromatic N) is 2. The molecule has 0 bridgehead atoms. The van der Waals surface area contributed by atoms with Gasteiger partial charge in [-0.25, -0.2) is 0 Å². The average molecular weight is 325 g/mol. The fourth-order valence-electron chi connectivity index (χ4n) is 2.70. The van der Waals surface area contributed by atoms with E-state index >= 15 is 0 Å². The Morgan fingerprint density at radius 2 is 2.12 bits per heavy atom. The number of carbonyl (C=O) groups is 2. The third kappa shape index (κ3) is 3.53. The number of hydrogen-bond acceptors (Lipinski definition) is 4. The molecule has 2 amide bonds. The fourth-order valence-corrected chi connectivity index (χ4v) is 2.70. The van der Waals surface area contributed by atoms with Gasteiger partial charge in [0.2, 0.25) is 11.8 Å². The van der Waals surface area contributed by atoms with Crippen molar-refractivity contribution in [2.24, 2.45) is 5.92 Å². The van der Waals surface area contributed by atoms with Crippen LogP contribution in [0.3, 0.4) is 0 Å². The zero-order valence-corrected chi connectivity index (χ0v) is 13.4. The number of pyridine rings is 1. The van der Waals surface area contributed by atoms with Crippen molar-refractivity contribution in [1.82, 2.24) is 4.98 Å². The molecular weight excluding hydrogens is 306 g/mol. The third-order valence-corrected chi connectivity index (χ3v) is 3.88. The van der Waals surface area contributed by atoms with E-state index in [1.165, 1.54) is 0 Å². The Morgan fingerprint density at radius 3 is 2.79 bits per heavy atom. The van der Waals surface area contributed by atoms with E-state index in [0.29, 0.717) is 18.8 Å². The second-order valence-electron chi connectivity index (χ2n) is 5.56. The second-order valence-corrected chi connectivity index (χ2v) is 5.56. The van der Waals surface area contributed by atoms with E-state index in [4.69, 9.17) is 4.74 Å². The van der Waals surface area contributed by atoms with E-state index in [2.05, 4.69) is 10.3 Å². The molecule has 24 heavy (non-hydrogen) atoms. The highest BCUT2D eigenvalue weighted by atomic mass is 16.5. The zero-order valence-electron chi connectivity index (χ0n) is 13.4. The first-order valence-electron chi connectivity index (χ1n) is 7.91. The normalized spacial score (nSPS) is 17.0. The Hall–Kier alpha value is -2.89. The molecule has 0 saturated carbocycles. The van der Waals surface area contributed by atoms with Gasteiger partial charge in [0, 0.05) is 24.8 Å². The van der Waals surface area contributed by atoms with Crippen molar-refractivity contribution in [3.63, 3.8) is 0 Å². The molecule has 0 radical (unpaired) electrons. The summed E-state index contributed by atoms with van der Waals surface area (Å²) in [6, 6.07) is 10.9. The van der Waals surface area contributed by atoms with Crippen LogP contribution in [0, 0.1) is 5.92 Å². The minimum Gasteiger partial charge on any atom is -0.494 e. The molecule has 1 N–H and O–H groups in total. The molecule has 0 aliphatic carbocycles. The lowest BCUT2D eigenvalue weighted by molar-refractivity contribution is -0.122. The summed E-state index contributed by atoms with van der Waals surface area (Å²) >= 11 is 0. The summed E-state index contributed by atoms with van der Waals surface area (Å²) in [5.74, 6) is 0.179. The van der Waals surface area contributed by atoms with Gasteiger partial charge in [0.15, 0.2) is 0 Å². The molecule has 0 spiro atoms. The first-order valence-corrected chi connectivity index (χ1v) is 7.91. The first-order chi connectivity index (χ1) is 11.7. The van der Waals surface area contributed by atoms with Crippen LogP contribution in [-0.4, -0.2) is 29.9 Å². The maximum atomic E-state index is 12.3. The summed E-state index contributed by atoms with van der Waals surface area (Å²) in [7, 11) is 0. The van der Waals surface area contributed by atoms with Gasteiger partial charge in [-0.2, -0.15) is 0 Å². The van der Waals surface area contributed by atoms with Crippen molar-refractivity contribution in [2.75, 3.05) is 23.4 Å². The van der Waals surface area contributed by atoms with Crippen molar-refractivity contribution in [3.8, 4) is 5.75 Å². The van der Waals surface area contributed by atoms with E-state index in [1.54, 1.807) is 29.4 Å². The van der Waals surface area contributed by atoms with Gasteiger partial charge in [-0.3, -0.25) is 14.6 Å². The highest BCUT2D eigenvalue weighted by Gasteiger charge is 2.35. The number of benzene rings is 1. The lowest BCUT2D eigenvalue weighted by Gasteiger charge is -2.17. The molecule has 2 heterocycles. The van der Waals surface area contributed by atoms with Crippen molar-refractivity contribution < 1.29 is 14.3 Å². The van der Waals surface area contributed by atoms with Gasteiger partial charge in [-0.15, -0.1) is 0 Å². The van der Waals surface area contributed by atoms with E-state index in [9.17, 15) is 9.59 Å². The Labute approximate surface area is 140 Å². The number of anilines is 2. The number of aromatic nitrogens is 1. The number of nitrogens with one attached hydrogen (secondary N) is 1. The molecule has 1 atom stereocenters.